The van der Waals surface area contributed by atoms with Gasteiger partial charge in [0.2, 0.25) is 0 Å². The summed E-state index contributed by atoms with van der Waals surface area (Å²) in [6.07, 6.45) is 1.15. The van der Waals surface area contributed by atoms with E-state index in [1.807, 2.05) is 6.07 Å². The average molecular weight is 395 g/mol. The number of carbonyl (C=O) groups is 1. The number of aliphatic hydroxyl groups is 1. The fourth-order valence-electron chi connectivity index (χ4n) is 2.97. The molecule has 0 aliphatic heterocycles. The molecule has 29 heavy (non-hydrogen) atoms. The van der Waals surface area contributed by atoms with Gasteiger partial charge in [-0.2, -0.15) is 0 Å². The molecule has 5 N–H and O–H groups in total. The molecule has 0 radical (unpaired) electrons. The number of hydrogen-bond donors (Lipinski definition) is 4. The molecule has 1 amide bonds. The van der Waals surface area contributed by atoms with Gasteiger partial charge < -0.3 is 21.6 Å². The highest BCUT2D eigenvalue weighted by atomic mass is 19.1. The van der Waals surface area contributed by atoms with Gasteiger partial charge >= 0.3 is 0 Å². The molecule has 0 aliphatic carbocycles. The molecule has 148 valence electrons. The van der Waals surface area contributed by atoms with Crippen molar-refractivity contribution in [3.63, 3.8) is 0 Å². The summed E-state index contributed by atoms with van der Waals surface area (Å²) < 4.78 is 26.9. The summed E-state index contributed by atoms with van der Waals surface area (Å²) in [5.74, 6) is -2.08. The molecular weight excluding hydrogens is 376 g/mol. The van der Waals surface area contributed by atoms with E-state index in [0.29, 0.717) is 16.8 Å². The van der Waals surface area contributed by atoms with E-state index >= 15 is 0 Å². The van der Waals surface area contributed by atoms with Crippen molar-refractivity contribution in [3.8, 4) is 11.1 Å². The van der Waals surface area contributed by atoms with Crippen LogP contribution in [0.15, 0.2) is 60.7 Å². The van der Waals surface area contributed by atoms with Gasteiger partial charge in [-0.1, -0.05) is 18.2 Å². The SMILES string of the molecule is N=Cc1cc(-c2cccc(C(=O)NC(CO)c3cc(F)cc(F)c3)c2)ccc1N. The second-order valence-electron chi connectivity index (χ2n) is 6.48. The summed E-state index contributed by atoms with van der Waals surface area (Å²) in [4.78, 5) is 12.7. The monoisotopic (exact) mass is 395 g/mol. The van der Waals surface area contributed by atoms with E-state index in [9.17, 15) is 18.7 Å². The van der Waals surface area contributed by atoms with Crippen molar-refractivity contribution in [3.05, 3.63) is 89.0 Å². The van der Waals surface area contributed by atoms with E-state index in [1.54, 1.807) is 36.4 Å². The highest BCUT2D eigenvalue weighted by Gasteiger charge is 2.17. The lowest BCUT2D eigenvalue weighted by Crippen LogP contribution is -2.31. The molecule has 0 bridgehead atoms. The predicted octanol–water partition coefficient (Wildman–Crippen LogP) is 3.68. The molecule has 0 saturated heterocycles. The van der Waals surface area contributed by atoms with E-state index in [2.05, 4.69) is 5.32 Å². The number of nitrogens with two attached hydrogens (primary N) is 1. The lowest BCUT2D eigenvalue weighted by molar-refractivity contribution is 0.0916. The van der Waals surface area contributed by atoms with E-state index in [4.69, 9.17) is 11.1 Å². The smallest absolute Gasteiger partial charge is 0.251 e. The standard InChI is InChI=1S/C22H19F2N3O2/c23-18-8-16(9-19(24)10-18)21(12-28)27-22(29)15-3-1-2-13(6-15)14-4-5-20(26)17(7-14)11-25/h1-11,21,25,28H,12,26H2,(H,27,29). The van der Waals surface area contributed by atoms with Crippen molar-refractivity contribution in [2.75, 3.05) is 12.3 Å². The van der Waals surface area contributed by atoms with Gasteiger partial charge in [0.15, 0.2) is 0 Å². The Labute approximate surface area is 166 Å². The highest BCUT2D eigenvalue weighted by molar-refractivity contribution is 5.96. The molecule has 0 aliphatic rings. The fourth-order valence-corrected chi connectivity index (χ4v) is 2.97. The third kappa shape index (κ3) is 4.64. The summed E-state index contributed by atoms with van der Waals surface area (Å²) in [5, 5.41) is 19.6. The molecule has 5 nitrogen and oxygen atoms in total. The first-order valence-electron chi connectivity index (χ1n) is 8.79. The highest BCUT2D eigenvalue weighted by Crippen LogP contribution is 2.24. The summed E-state index contributed by atoms with van der Waals surface area (Å²) >= 11 is 0. The number of nitrogens with one attached hydrogen (secondary N) is 2. The summed E-state index contributed by atoms with van der Waals surface area (Å²) in [7, 11) is 0. The Hall–Kier alpha value is -3.58. The van der Waals surface area contributed by atoms with E-state index in [1.165, 1.54) is 0 Å². The Morgan fingerprint density at radius 2 is 1.76 bits per heavy atom. The maximum Gasteiger partial charge on any atom is 0.251 e. The van der Waals surface area contributed by atoms with Gasteiger partial charge in [-0.25, -0.2) is 8.78 Å². The normalized spacial score (nSPS) is 11.7. The number of amides is 1. The minimum atomic E-state index is -0.961. The number of rotatable bonds is 6. The number of hydrogen-bond acceptors (Lipinski definition) is 4. The van der Waals surface area contributed by atoms with Gasteiger partial charge in [0.1, 0.15) is 11.6 Å². The topological polar surface area (TPSA) is 99.2 Å². The van der Waals surface area contributed by atoms with Crippen molar-refractivity contribution in [1.29, 1.82) is 5.41 Å². The Bertz CT molecular complexity index is 1050. The first kappa shape index (κ1) is 20.2. The largest absolute Gasteiger partial charge is 0.398 e. The Kier molecular flexibility index (Phi) is 5.99. The van der Waals surface area contributed by atoms with Crippen LogP contribution in [0.2, 0.25) is 0 Å². The minimum Gasteiger partial charge on any atom is -0.398 e. The lowest BCUT2D eigenvalue weighted by Gasteiger charge is -2.17. The maximum absolute atomic E-state index is 13.5. The molecule has 0 saturated carbocycles. The van der Waals surface area contributed by atoms with Crippen molar-refractivity contribution in [1.82, 2.24) is 5.32 Å². The van der Waals surface area contributed by atoms with Crippen LogP contribution in [-0.2, 0) is 0 Å². The van der Waals surface area contributed by atoms with Crippen LogP contribution < -0.4 is 11.1 Å². The van der Waals surface area contributed by atoms with E-state index < -0.39 is 30.2 Å². The molecule has 0 fully saturated rings. The third-order valence-corrected chi connectivity index (χ3v) is 4.48. The molecule has 3 aromatic rings. The number of carbonyl (C=O) groups excluding carboxylic acids is 1. The Morgan fingerprint density at radius 1 is 1.07 bits per heavy atom. The third-order valence-electron chi connectivity index (χ3n) is 4.48. The molecule has 7 heteroatoms. The van der Waals surface area contributed by atoms with Gasteiger partial charge in [-0.15, -0.1) is 0 Å². The van der Waals surface area contributed by atoms with Crippen LogP contribution in [0.25, 0.3) is 11.1 Å². The first-order chi connectivity index (χ1) is 13.9. The fraction of sp³-hybridized carbons (Fsp3) is 0.0909. The maximum atomic E-state index is 13.5. The van der Waals surface area contributed by atoms with Crippen LogP contribution in [0.4, 0.5) is 14.5 Å². The van der Waals surface area contributed by atoms with Crippen molar-refractivity contribution >= 4 is 17.8 Å². The summed E-state index contributed by atoms with van der Waals surface area (Å²) in [6, 6.07) is 13.8. The number of halogens is 2. The second kappa shape index (κ2) is 8.62. The molecule has 0 aromatic heterocycles. The van der Waals surface area contributed by atoms with Crippen LogP contribution in [0.3, 0.4) is 0 Å². The van der Waals surface area contributed by atoms with Crippen LogP contribution in [0.1, 0.15) is 27.5 Å². The molecule has 0 heterocycles. The second-order valence-corrected chi connectivity index (χ2v) is 6.48. The van der Waals surface area contributed by atoms with Gasteiger partial charge in [0.25, 0.3) is 5.91 Å². The van der Waals surface area contributed by atoms with Gasteiger partial charge in [0.05, 0.1) is 12.6 Å². The number of benzene rings is 3. The zero-order chi connectivity index (χ0) is 21.0. The summed E-state index contributed by atoms with van der Waals surface area (Å²) in [5.41, 5.74) is 8.80. The Balaban J connectivity index is 1.86. The van der Waals surface area contributed by atoms with Crippen molar-refractivity contribution in [2.24, 2.45) is 0 Å². The number of nitrogen functional groups attached to an aromatic ring is 1. The average Bonchev–Trinajstić information content (AvgIpc) is 2.71. The molecule has 3 rings (SSSR count). The number of anilines is 1. The summed E-state index contributed by atoms with van der Waals surface area (Å²) in [6.45, 7) is -0.519. The molecule has 1 atom stereocenters. The minimum absolute atomic E-state index is 0.128. The first-order valence-corrected chi connectivity index (χ1v) is 8.79. The number of aliphatic hydroxyl groups excluding tert-OH is 1. The zero-order valence-corrected chi connectivity index (χ0v) is 15.3. The molecule has 1 unspecified atom stereocenters. The van der Waals surface area contributed by atoms with Crippen LogP contribution in [0, 0.1) is 17.0 Å². The van der Waals surface area contributed by atoms with Gasteiger partial charge in [-0.3, -0.25) is 4.79 Å². The van der Waals surface area contributed by atoms with E-state index in [0.717, 1.165) is 35.5 Å². The van der Waals surface area contributed by atoms with Gasteiger partial charge in [0, 0.05) is 29.1 Å². The molecular formula is C22H19F2N3O2. The quantitative estimate of drug-likeness (QED) is 0.378. The van der Waals surface area contributed by atoms with Crippen LogP contribution >= 0.6 is 0 Å². The molecule has 3 aromatic carbocycles. The Morgan fingerprint density at radius 3 is 2.41 bits per heavy atom. The van der Waals surface area contributed by atoms with E-state index in [-0.39, 0.29) is 5.56 Å². The van der Waals surface area contributed by atoms with Crippen LogP contribution in [0.5, 0.6) is 0 Å². The van der Waals surface area contributed by atoms with Crippen LogP contribution in [-0.4, -0.2) is 23.8 Å². The van der Waals surface area contributed by atoms with Gasteiger partial charge in [-0.05, 0) is 53.1 Å². The zero-order valence-electron chi connectivity index (χ0n) is 15.3. The predicted molar refractivity (Wildman–Crippen MR) is 108 cm³/mol. The van der Waals surface area contributed by atoms with Crippen molar-refractivity contribution in [2.45, 2.75) is 6.04 Å². The lowest BCUT2D eigenvalue weighted by atomic mass is 10.00. The molecule has 0 spiro atoms. The van der Waals surface area contributed by atoms with Crippen molar-refractivity contribution < 1.29 is 18.7 Å².